The van der Waals surface area contributed by atoms with Gasteiger partial charge in [0.05, 0.1) is 12.7 Å². The zero-order chi connectivity index (χ0) is 10.9. The van der Waals surface area contributed by atoms with Crippen molar-refractivity contribution in [3.63, 3.8) is 0 Å². The number of hydrogen-bond donors (Lipinski definition) is 0. The maximum absolute atomic E-state index is 11.4. The third kappa shape index (κ3) is 1.97. The summed E-state index contributed by atoms with van der Waals surface area (Å²) < 4.78 is 6.54. The molecule has 0 bridgehead atoms. The summed E-state index contributed by atoms with van der Waals surface area (Å²) in [5.74, 6) is 0.0968. The Kier molecular flexibility index (Phi) is 2.65. The highest BCUT2D eigenvalue weighted by atomic mass is 79.9. The fourth-order valence-electron chi connectivity index (χ4n) is 1.74. The summed E-state index contributed by atoms with van der Waals surface area (Å²) in [5.41, 5.74) is 0.453. The van der Waals surface area contributed by atoms with Gasteiger partial charge in [0, 0.05) is 16.1 Å². The van der Waals surface area contributed by atoms with Crippen LogP contribution in [0.5, 0.6) is 0 Å². The molecule has 15 heavy (non-hydrogen) atoms. The molecule has 3 heteroatoms. The average Bonchev–Trinajstić information content (AvgIpc) is 2.17. The van der Waals surface area contributed by atoms with Gasteiger partial charge in [0.2, 0.25) is 0 Å². The van der Waals surface area contributed by atoms with Crippen LogP contribution < -0.4 is 0 Å². The number of benzene rings is 1. The first kappa shape index (κ1) is 10.4. The van der Waals surface area contributed by atoms with Crippen LogP contribution in [0.2, 0.25) is 0 Å². The Bertz CT molecular complexity index is 425. The van der Waals surface area contributed by atoms with Gasteiger partial charge in [0.25, 0.3) is 0 Å². The maximum atomic E-state index is 11.4. The minimum Gasteiger partial charge on any atom is -0.490 e. The lowest BCUT2D eigenvalue weighted by Crippen LogP contribution is -2.30. The van der Waals surface area contributed by atoms with Gasteiger partial charge >= 0.3 is 0 Å². The van der Waals surface area contributed by atoms with Gasteiger partial charge < -0.3 is 4.74 Å². The van der Waals surface area contributed by atoms with Crippen LogP contribution in [0.1, 0.15) is 18.9 Å². The second kappa shape index (κ2) is 3.81. The Morgan fingerprint density at radius 3 is 2.80 bits per heavy atom. The first-order valence-electron chi connectivity index (χ1n) is 4.74. The van der Waals surface area contributed by atoms with Crippen molar-refractivity contribution in [3.8, 4) is 0 Å². The molecule has 1 aliphatic heterocycles. The third-order valence-corrected chi connectivity index (χ3v) is 3.23. The molecular weight excluding hydrogens is 256 g/mol. The normalized spacial score (nSPS) is 25.1. The summed E-state index contributed by atoms with van der Waals surface area (Å²) in [5, 5.41) is 0. The zero-order valence-electron chi connectivity index (χ0n) is 8.37. The molecule has 0 fully saturated rings. The fraction of sp³-hybridized carbons (Fsp3) is 0.250. The van der Waals surface area contributed by atoms with E-state index in [1.165, 1.54) is 12.3 Å². The largest absolute Gasteiger partial charge is 0.490 e. The Hall–Kier alpha value is -1.09. The van der Waals surface area contributed by atoms with Gasteiger partial charge in [-0.25, -0.2) is 0 Å². The molecule has 1 aromatic carbocycles. The van der Waals surface area contributed by atoms with E-state index in [-0.39, 0.29) is 5.78 Å². The van der Waals surface area contributed by atoms with Crippen LogP contribution in [0.25, 0.3) is 0 Å². The van der Waals surface area contributed by atoms with Gasteiger partial charge in [0.15, 0.2) is 5.78 Å². The number of carbonyl (C=O) groups is 1. The molecule has 0 amide bonds. The van der Waals surface area contributed by atoms with E-state index in [4.69, 9.17) is 4.74 Å². The molecular formula is C12H11BrO2. The molecule has 0 spiro atoms. The van der Waals surface area contributed by atoms with E-state index in [1.807, 2.05) is 31.2 Å². The van der Waals surface area contributed by atoms with Gasteiger partial charge in [-0.1, -0.05) is 34.1 Å². The van der Waals surface area contributed by atoms with Gasteiger partial charge in [-0.3, -0.25) is 4.79 Å². The third-order valence-electron chi connectivity index (χ3n) is 2.54. The molecule has 0 radical (unpaired) electrons. The number of ether oxygens (including phenoxy) is 1. The van der Waals surface area contributed by atoms with Gasteiger partial charge in [-0.15, -0.1) is 0 Å². The molecule has 78 valence electrons. The highest BCUT2D eigenvalue weighted by molar-refractivity contribution is 9.10. The van der Waals surface area contributed by atoms with E-state index >= 15 is 0 Å². The molecule has 2 nitrogen and oxygen atoms in total. The Balaban J connectivity index is 2.42. The monoisotopic (exact) mass is 266 g/mol. The zero-order valence-corrected chi connectivity index (χ0v) is 9.95. The van der Waals surface area contributed by atoms with E-state index < -0.39 is 5.60 Å². The number of ketones is 1. The van der Waals surface area contributed by atoms with Crippen LogP contribution in [0.3, 0.4) is 0 Å². The number of allylic oxidation sites excluding steroid dienone is 1. The molecule has 0 aromatic heterocycles. The second-order valence-corrected chi connectivity index (χ2v) is 4.63. The van der Waals surface area contributed by atoms with E-state index in [0.29, 0.717) is 6.42 Å². The van der Waals surface area contributed by atoms with E-state index in [9.17, 15) is 4.79 Å². The quantitative estimate of drug-likeness (QED) is 0.781. The van der Waals surface area contributed by atoms with Crippen molar-refractivity contribution in [1.82, 2.24) is 0 Å². The van der Waals surface area contributed by atoms with Crippen LogP contribution in [0.4, 0.5) is 0 Å². The number of rotatable bonds is 1. The van der Waals surface area contributed by atoms with E-state index in [2.05, 4.69) is 15.9 Å². The summed E-state index contributed by atoms with van der Waals surface area (Å²) in [6.45, 7) is 1.93. The predicted molar refractivity (Wildman–Crippen MR) is 61.3 cm³/mol. The minimum atomic E-state index is -0.550. The van der Waals surface area contributed by atoms with Gasteiger partial charge in [-0.05, 0) is 13.0 Å². The molecule has 1 heterocycles. The van der Waals surface area contributed by atoms with E-state index in [1.54, 1.807) is 0 Å². The molecule has 1 aliphatic rings. The standard InChI is InChI=1S/C12H11BrO2/c1-12(8-9(14)6-7-15-12)10-4-2-3-5-11(10)13/h2-7H,8H2,1H3. The SMILES string of the molecule is CC1(c2ccccc2Br)CC(=O)C=CO1. The van der Waals surface area contributed by atoms with Crippen molar-refractivity contribution < 1.29 is 9.53 Å². The van der Waals surface area contributed by atoms with Crippen LogP contribution in [-0.2, 0) is 15.1 Å². The van der Waals surface area contributed by atoms with Crippen molar-refractivity contribution in [3.05, 3.63) is 46.6 Å². The second-order valence-electron chi connectivity index (χ2n) is 3.77. The highest BCUT2D eigenvalue weighted by Gasteiger charge is 2.33. The molecule has 0 saturated heterocycles. The topological polar surface area (TPSA) is 26.3 Å². The Morgan fingerprint density at radius 1 is 1.40 bits per heavy atom. The number of carbonyl (C=O) groups excluding carboxylic acids is 1. The van der Waals surface area contributed by atoms with Crippen LogP contribution in [0.15, 0.2) is 41.1 Å². The van der Waals surface area contributed by atoms with Gasteiger partial charge in [-0.2, -0.15) is 0 Å². The predicted octanol–water partition coefficient (Wildman–Crippen LogP) is 3.17. The lowest BCUT2D eigenvalue weighted by Gasteiger charge is -2.31. The smallest absolute Gasteiger partial charge is 0.163 e. The minimum absolute atomic E-state index is 0.0968. The first-order valence-corrected chi connectivity index (χ1v) is 5.53. The Morgan fingerprint density at radius 2 is 2.13 bits per heavy atom. The maximum Gasteiger partial charge on any atom is 0.163 e. The Labute approximate surface area is 97.1 Å². The van der Waals surface area contributed by atoms with Crippen molar-refractivity contribution in [2.45, 2.75) is 18.9 Å². The first-order chi connectivity index (χ1) is 7.12. The summed E-state index contributed by atoms with van der Waals surface area (Å²) in [7, 11) is 0. The summed E-state index contributed by atoms with van der Waals surface area (Å²) in [6.07, 6.45) is 3.33. The lowest BCUT2D eigenvalue weighted by molar-refractivity contribution is -0.122. The average molecular weight is 267 g/mol. The van der Waals surface area contributed by atoms with Gasteiger partial charge in [0.1, 0.15) is 5.60 Å². The molecule has 2 rings (SSSR count). The fourth-order valence-corrected chi connectivity index (χ4v) is 2.45. The molecule has 1 aromatic rings. The molecule has 0 saturated carbocycles. The lowest BCUT2D eigenvalue weighted by atomic mass is 9.89. The van der Waals surface area contributed by atoms with E-state index in [0.717, 1.165) is 10.0 Å². The highest BCUT2D eigenvalue weighted by Crippen LogP contribution is 2.36. The summed E-state index contributed by atoms with van der Waals surface area (Å²) >= 11 is 3.47. The molecule has 0 aliphatic carbocycles. The van der Waals surface area contributed by atoms with Crippen molar-refractivity contribution in [2.75, 3.05) is 0 Å². The van der Waals surface area contributed by atoms with Crippen molar-refractivity contribution >= 4 is 21.7 Å². The van der Waals surface area contributed by atoms with Crippen molar-refractivity contribution in [1.29, 1.82) is 0 Å². The van der Waals surface area contributed by atoms with Crippen LogP contribution in [-0.4, -0.2) is 5.78 Å². The summed E-state index contributed by atoms with van der Waals surface area (Å²) in [6, 6.07) is 7.80. The van der Waals surface area contributed by atoms with Crippen LogP contribution in [0, 0.1) is 0 Å². The number of hydrogen-bond acceptors (Lipinski definition) is 2. The molecule has 1 atom stereocenters. The summed E-state index contributed by atoms with van der Waals surface area (Å²) in [4.78, 5) is 11.4. The molecule has 0 N–H and O–H groups in total. The van der Waals surface area contributed by atoms with Crippen molar-refractivity contribution in [2.24, 2.45) is 0 Å². The molecule has 1 unspecified atom stereocenters. The van der Waals surface area contributed by atoms with Crippen LogP contribution >= 0.6 is 15.9 Å². The number of halogens is 1.